The molecule has 0 fully saturated rings. The van der Waals surface area contributed by atoms with Crippen molar-refractivity contribution in [3.63, 3.8) is 0 Å². The Morgan fingerprint density at radius 1 is 1.50 bits per heavy atom. The van der Waals surface area contributed by atoms with Gasteiger partial charge in [-0.1, -0.05) is 34.1 Å². The maximum atomic E-state index is 11.4. The molecule has 16 heavy (non-hydrogen) atoms. The smallest absolute Gasteiger partial charge is 0.221 e. The summed E-state index contributed by atoms with van der Waals surface area (Å²) in [5, 5.41) is 3.60. The van der Waals surface area contributed by atoms with Gasteiger partial charge in [-0.3, -0.25) is 4.79 Å². The molecule has 0 aliphatic heterocycles. The summed E-state index contributed by atoms with van der Waals surface area (Å²) in [6, 6.07) is 7.66. The number of nitrogens with one attached hydrogen (secondary N) is 1. The van der Waals surface area contributed by atoms with Crippen LogP contribution in [-0.2, 0) is 4.79 Å². The van der Waals surface area contributed by atoms with Gasteiger partial charge in [-0.25, -0.2) is 0 Å². The van der Waals surface area contributed by atoms with E-state index in [2.05, 4.69) is 21.2 Å². The first-order valence-corrected chi connectivity index (χ1v) is 6.29. The lowest BCUT2D eigenvalue weighted by Crippen LogP contribution is -2.26. The molecule has 0 aliphatic rings. The predicted molar refractivity (Wildman–Crippen MR) is 68.0 cm³/mol. The molecule has 0 unspecified atom stereocenters. The lowest BCUT2D eigenvalue weighted by Gasteiger charge is -2.16. The van der Waals surface area contributed by atoms with E-state index in [4.69, 9.17) is 4.74 Å². The molecule has 0 saturated heterocycles. The first-order valence-electron chi connectivity index (χ1n) is 5.17. The summed E-state index contributed by atoms with van der Waals surface area (Å²) in [5.41, 5.74) is 0.993. The highest BCUT2D eigenvalue weighted by atomic mass is 79.9. The highest BCUT2D eigenvalue weighted by Gasteiger charge is 2.12. The van der Waals surface area contributed by atoms with E-state index in [1.165, 1.54) is 0 Å². The van der Waals surface area contributed by atoms with E-state index in [9.17, 15) is 4.79 Å². The fourth-order valence-electron chi connectivity index (χ4n) is 1.50. The first-order chi connectivity index (χ1) is 7.69. The number of benzene rings is 1. The van der Waals surface area contributed by atoms with E-state index in [0.29, 0.717) is 11.8 Å². The summed E-state index contributed by atoms with van der Waals surface area (Å²) >= 11 is 3.24. The summed E-state index contributed by atoms with van der Waals surface area (Å²) < 4.78 is 5.25. The van der Waals surface area contributed by atoms with Gasteiger partial charge in [-0.2, -0.15) is 0 Å². The van der Waals surface area contributed by atoms with E-state index in [-0.39, 0.29) is 11.9 Å². The molecule has 1 aromatic carbocycles. The Hall–Kier alpha value is -1.03. The van der Waals surface area contributed by atoms with Crippen LogP contribution in [0.3, 0.4) is 0 Å². The molecule has 4 heteroatoms. The van der Waals surface area contributed by atoms with Crippen LogP contribution < -0.4 is 10.1 Å². The largest absolute Gasteiger partial charge is 0.496 e. The monoisotopic (exact) mass is 285 g/mol. The van der Waals surface area contributed by atoms with Gasteiger partial charge in [0, 0.05) is 17.3 Å². The average molecular weight is 286 g/mol. The molecule has 0 radical (unpaired) electrons. The normalized spacial score (nSPS) is 11.9. The number of amides is 1. The van der Waals surface area contributed by atoms with Gasteiger partial charge in [0.05, 0.1) is 13.2 Å². The Balaban J connectivity index is 2.72. The van der Waals surface area contributed by atoms with Crippen molar-refractivity contribution in [3.8, 4) is 5.75 Å². The van der Waals surface area contributed by atoms with E-state index in [1.807, 2.05) is 31.2 Å². The molecule has 1 aromatic rings. The van der Waals surface area contributed by atoms with Crippen LogP contribution in [0.1, 0.15) is 24.9 Å². The number of para-hydroxylation sites is 1. The lowest BCUT2D eigenvalue weighted by molar-refractivity contribution is -0.121. The second kappa shape index (κ2) is 6.53. The van der Waals surface area contributed by atoms with E-state index >= 15 is 0 Å². The summed E-state index contributed by atoms with van der Waals surface area (Å²) in [7, 11) is 1.63. The van der Waals surface area contributed by atoms with Crippen molar-refractivity contribution in [3.05, 3.63) is 29.8 Å². The number of alkyl halides is 1. The van der Waals surface area contributed by atoms with Crippen molar-refractivity contribution in [1.82, 2.24) is 5.32 Å². The summed E-state index contributed by atoms with van der Waals surface area (Å²) in [4.78, 5) is 11.4. The van der Waals surface area contributed by atoms with Gasteiger partial charge in [0.2, 0.25) is 5.91 Å². The fourth-order valence-corrected chi connectivity index (χ4v) is 1.86. The van der Waals surface area contributed by atoms with Crippen LogP contribution in [0.4, 0.5) is 0 Å². The minimum absolute atomic E-state index is 0.0373. The molecule has 0 heterocycles. The summed E-state index contributed by atoms with van der Waals surface area (Å²) in [6.07, 6.45) is 0.486. The van der Waals surface area contributed by atoms with Crippen molar-refractivity contribution < 1.29 is 9.53 Å². The molecule has 0 aliphatic carbocycles. The first kappa shape index (κ1) is 13.0. The second-order valence-electron chi connectivity index (χ2n) is 3.47. The van der Waals surface area contributed by atoms with Crippen molar-refractivity contribution in [2.75, 3.05) is 12.4 Å². The zero-order valence-corrected chi connectivity index (χ0v) is 11.1. The van der Waals surface area contributed by atoms with Crippen LogP contribution in [-0.4, -0.2) is 18.3 Å². The Labute approximate surface area is 104 Å². The van der Waals surface area contributed by atoms with Gasteiger partial charge in [-0.05, 0) is 13.0 Å². The minimum atomic E-state index is -0.0392. The van der Waals surface area contributed by atoms with Gasteiger partial charge >= 0.3 is 0 Å². The van der Waals surface area contributed by atoms with Crippen LogP contribution in [0.25, 0.3) is 0 Å². The zero-order valence-electron chi connectivity index (χ0n) is 9.50. The van der Waals surface area contributed by atoms with Crippen LogP contribution in [0.2, 0.25) is 0 Å². The summed E-state index contributed by atoms with van der Waals surface area (Å²) in [5.74, 6) is 0.837. The average Bonchev–Trinajstić information content (AvgIpc) is 2.29. The molecule has 3 nitrogen and oxygen atoms in total. The lowest BCUT2D eigenvalue weighted by atomic mass is 10.1. The molecule has 1 atom stereocenters. The quantitative estimate of drug-likeness (QED) is 0.845. The molecular formula is C12H16BrNO2. The molecule has 0 saturated carbocycles. The number of hydrogen-bond donors (Lipinski definition) is 1. The van der Waals surface area contributed by atoms with Crippen LogP contribution in [0, 0.1) is 0 Å². The molecule has 0 aromatic heterocycles. The number of ether oxygens (including phenoxy) is 1. The van der Waals surface area contributed by atoms with Crippen molar-refractivity contribution in [2.45, 2.75) is 19.4 Å². The van der Waals surface area contributed by atoms with Crippen molar-refractivity contribution in [2.24, 2.45) is 0 Å². The third kappa shape index (κ3) is 3.52. The van der Waals surface area contributed by atoms with Gasteiger partial charge in [0.1, 0.15) is 5.75 Å². The number of methoxy groups -OCH3 is 1. The number of carbonyl (C=O) groups excluding carboxylic acids is 1. The van der Waals surface area contributed by atoms with Gasteiger partial charge in [0.15, 0.2) is 0 Å². The Morgan fingerprint density at radius 3 is 2.81 bits per heavy atom. The Kier molecular flexibility index (Phi) is 5.32. The maximum Gasteiger partial charge on any atom is 0.221 e. The molecule has 1 N–H and O–H groups in total. The third-order valence-electron chi connectivity index (χ3n) is 2.30. The zero-order chi connectivity index (χ0) is 12.0. The third-order valence-corrected chi connectivity index (χ3v) is 2.70. The van der Waals surface area contributed by atoms with Gasteiger partial charge in [-0.15, -0.1) is 0 Å². The van der Waals surface area contributed by atoms with E-state index in [1.54, 1.807) is 7.11 Å². The minimum Gasteiger partial charge on any atom is -0.496 e. The van der Waals surface area contributed by atoms with Gasteiger partial charge < -0.3 is 10.1 Å². The summed E-state index contributed by atoms with van der Waals surface area (Å²) in [6.45, 7) is 1.95. The Morgan fingerprint density at radius 2 is 2.19 bits per heavy atom. The highest BCUT2D eigenvalue weighted by Crippen LogP contribution is 2.24. The second-order valence-corrected chi connectivity index (χ2v) is 4.26. The fraction of sp³-hybridized carbons (Fsp3) is 0.417. The van der Waals surface area contributed by atoms with Crippen LogP contribution in [0.15, 0.2) is 24.3 Å². The number of hydrogen-bond acceptors (Lipinski definition) is 2. The Bertz CT molecular complexity index is 355. The maximum absolute atomic E-state index is 11.4. The molecule has 88 valence electrons. The van der Waals surface area contributed by atoms with Crippen LogP contribution in [0.5, 0.6) is 5.75 Å². The molecular weight excluding hydrogens is 270 g/mol. The molecule has 0 spiro atoms. The number of halogens is 1. The SMILES string of the molecule is COc1ccccc1[C@H](C)NC(=O)CCBr. The predicted octanol–water partition coefficient (Wildman–Crippen LogP) is 2.66. The van der Waals surface area contributed by atoms with E-state index in [0.717, 1.165) is 11.3 Å². The molecule has 1 amide bonds. The van der Waals surface area contributed by atoms with Crippen LogP contribution >= 0.6 is 15.9 Å². The highest BCUT2D eigenvalue weighted by molar-refractivity contribution is 9.09. The molecule has 1 rings (SSSR count). The topological polar surface area (TPSA) is 38.3 Å². The van der Waals surface area contributed by atoms with Crippen molar-refractivity contribution in [1.29, 1.82) is 0 Å². The van der Waals surface area contributed by atoms with Gasteiger partial charge in [0.25, 0.3) is 0 Å². The van der Waals surface area contributed by atoms with E-state index < -0.39 is 0 Å². The standard InChI is InChI=1S/C12H16BrNO2/c1-9(14-12(15)7-8-13)10-5-3-4-6-11(10)16-2/h3-6,9H,7-8H2,1-2H3,(H,14,15)/t9-/m0/s1. The number of rotatable bonds is 5. The van der Waals surface area contributed by atoms with Crippen molar-refractivity contribution >= 4 is 21.8 Å². The number of carbonyl (C=O) groups is 1. The molecule has 0 bridgehead atoms.